The number of carbonyl (C=O) groups is 1. The summed E-state index contributed by atoms with van der Waals surface area (Å²) in [6.45, 7) is 0.743. The summed E-state index contributed by atoms with van der Waals surface area (Å²) in [5.74, 6) is -0.422. The number of aliphatic hydroxyl groups excluding tert-OH is 1. The van der Waals surface area contributed by atoms with E-state index in [0.717, 1.165) is 18.5 Å². The highest BCUT2D eigenvalue weighted by Crippen LogP contribution is 2.29. The summed E-state index contributed by atoms with van der Waals surface area (Å²) in [5.41, 5.74) is 2.71. The van der Waals surface area contributed by atoms with Gasteiger partial charge in [0, 0.05) is 6.54 Å². The lowest BCUT2D eigenvalue weighted by atomic mass is 10.2. The van der Waals surface area contributed by atoms with Crippen LogP contribution in [-0.4, -0.2) is 50.6 Å². The van der Waals surface area contributed by atoms with E-state index < -0.39 is 5.97 Å². The van der Waals surface area contributed by atoms with E-state index in [4.69, 9.17) is 4.74 Å². The summed E-state index contributed by atoms with van der Waals surface area (Å²) in [5, 5.41) is 22.9. The summed E-state index contributed by atoms with van der Waals surface area (Å²) < 4.78 is 5.53. The van der Waals surface area contributed by atoms with Crippen LogP contribution in [0.15, 0.2) is 64.7 Å². The molecular weight excluding hydrogens is 446 g/mol. The number of esters is 1. The number of nitrogens with one attached hydrogen (secondary N) is 2. The van der Waals surface area contributed by atoms with Gasteiger partial charge in [-0.2, -0.15) is 0 Å². The van der Waals surface area contributed by atoms with E-state index in [2.05, 4.69) is 37.6 Å². The molecule has 0 aliphatic heterocycles. The van der Waals surface area contributed by atoms with Crippen molar-refractivity contribution >= 4 is 50.8 Å². The fourth-order valence-electron chi connectivity index (χ4n) is 3.02. The number of ether oxygens (including phenoxy) is 1. The van der Waals surface area contributed by atoms with E-state index in [1.54, 1.807) is 0 Å². The highest BCUT2D eigenvalue weighted by molar-refractivity contribution is 8.01. The first kappa shape index (κ1) is 21.8. The van der Waals surface area contributed by atoms with Gasteiger partial charge in [0.15, 0.2) is 4.34 Å². The zero-order valence-corrected chi connectivity index (χ0v) is 18.9. The van der Waals surface area contributed by atoms with Crippen molar-refractivity contribution in [1.29, 1.82) is 0 Å². The molecule has 4 rings (SSSR count). The highest BCUT2D eigenvalue weighted by Gasteiger charge is 2.22. The molecule has 0 aliphatic rings. The van der Waals surface area contributed by atoms with Crippen LogP contribution in [-0.2, 0) is 16.0 Å². The van der Waals surface area contributed by atoms with Crippen molar-refractivity contribution in [3.05, 3.63) is 71.7 Å². The third-order valence-corrected chi connectivity index (χ3v) is 6.60. The van der Waals surface area contributed by atoms with Crippen LogP contribution in [0.4, 0.5) is 5.13 Å². The average molecular weight is 468 g/mol. The molecule has 32 heavy (non-hydrogen) atoms. The predicted molar refractivity (Wildman–Crippen MR) is 127 cm³/mol. The summed E-state index contributed by atoms with van der Waals surface area (Å²) in [6.07, 6.45) is 0.881. The Morgan fingerprint density at radius 2 is 1.94 bits per heavy atom. The van der Waals surface area contributed by atoms with Crippen LogP contribution in [0.5, 0.6) is 0 Å². The molecule has 0 saturated heterocycles. The van der Waals surface area contributed by atoms with Crippen molar-refractivity contribution in [2.45, 2.75) is 10.8 Å². The summed E-state index contributed by atoms with van der Waals surface area (Å²) >= 11 is 2.68. The Morgan fingerprint density at radius 3 is 2.72 bits per heavy atom. The van der Waals surface area contributed by atoms with Gasteiger partial charge in [0.25, 0.3) is 0 Å². The topological polar surface area (TPSA) is 113 Å². The first-order valence-corrected chi connectivity index (χ1v) is 11.6. The molecule has 3 N–H and O–H groups in total. The third kappa shape index (κ3) is 5.27. The fourth-order valence-corrected chi connectivity index (χ4v) is 4.68. The number of hydrogen-bond donors (Lipinski definition) is 3. The van der Waals surface area contributed by atoms with E-state index in [9.17, 15) is 9.90 Å². The molecule has 0 unspecified atom stereocenters. The van der Waals surface area contributed by atoms with Gasteiger partial charge >= 0.3 is 5.97 Å². The lowest BCUT2D eigenvalue weighted by Crippen LogP contribution is -2.09. The molecule has 0 aliphatic carbocycles. The van der Waals surface area contributed by atoms with E-state index in [0.29, 0.717) is 15.0 Å². The van der Waals surface area contributed by atoms with Gasteiger partial charge in [-0.05, 0) is 24.1 Å². The Balaban J connectivity index is 1.41. The van der Waals surface area contributed by atoms with Gasteiger partial charge in [-0.3, -0.25) is 0 Å². The van der Waals surface area contributed by atoms with E-state index in [-0.39, 0.29) is 22.9 Å². The minimum atomic E-state index is -0.664. The van der Waals surface area contributed by atoms with Gasteiger partial charge in [0.2, 0.25) is 5.13 Å². The number of fused-ring (bicyclic) bond motifs is 1. The second-order valence-corrected chi connectivity index (χ2v) is 8.94. The van der Waals surface area contributed by atoms with Crippen molar-refractivity contribution < 1.29 is 14.6 Å². The van der Waals surface area contributed by atoms with E-state index in [1.807, 2.05) is 42.5 Å². The van der Waals surface area contributed by atoms with Crippen LogP contribution in [0.2, 0.25) is 0 Å². The number of aliphatic hydroxyl groups is 1. The van der Waals surface area contributed by atoms with Gasteiger partial charge in [0.05, 0.1) is 23.9 Å². The van der Waals surface area contributed by atoms with Gasteiger partial charge in [-0.15, -0.1) is 10.2 Å². The van der Waals surface area contributed by atoms with Crippen LogP contribution in [0.3, 0.4) is 0 Å². The van der Waals surface area contributed by atoms with E-state index in [1.165, 1.54) is 35.8 Å². The SMILES string of the molecule is COC(=O)/C(=C(/O)CSc1nnc(NCCc2ccccc2)s1)c1nc2ccccc2[nH]1. The molecule has 10 heteroatoms. The first-order valence-electron chi connectivity index (χ1n) is 9.83. The summed E-state index contributed by atoms with van der Waals surface area (Å²) in [7, 11) is 1.27. The fraction of sp³-hybridized carbons (Fsp3) is 0.182. The maximum absolute atomic E-state index is 12.3. The van der Waals surface area contributed by atoms with Gasteiger partial charge in [-0.25, -0.2) is 9.78 Å². The van der Waals surface area contributed by atoms with Crippen LogP contribution in [0, 0.1) is 0 Å². The largest absolute Gasteiger partial charge is 0.510 e. The molecule has 0 radical (unpaired) electrons. The number of aromatic nitrogens is 4. The Morgan fingerprint density at radius 1 is 1.16 bits per heavy atom. The number of thioether (sulfide) groups is 1. The minimum Gasteiger partial charge on any atom is -0.510 e. The van der Waals surface area contributed by atoms with Crippen LogP contribution in [0.25, 0.3) is 16.6 Å². The molecule has 0 saturated carbocycles. The molecule has 4 aromatic rings. The van der Waals surface area contributed by atoms with Gasteiger partial charge in [0.1, 0.15) is 17.2 Å². The molecule has 8 nitrogen and oxygen atoms in total. The average Bonchev–Trinajstić information content (AvgIpc) is 3.45. The molecule has 2 aromatic carbocycles. The number of rotatable bonds is 9. The molecular formula is C22H21N5O3S2. The Kier molecular flexibility index (Phi) is 7.03. The number of anilines is 1. The molecule has 2 aromatic heterocycles. The monoisotopic (exact) mass is 467 g/mol. The second kappa shape index (κ2) is 10.3. The molecule has 0 bridgehead atoms. The Hall–Kier alpha value is -3.37. The number of H-pyrrole nitrogens is 1. The number of benzene rings is 2. The number of methoxy groups -OCH3 is 1. The van der Waals surface area contributed by atoms with Crippen molar-refractivity contribution in [2.75, 3.05) is 24.7 Å². The second-order valence-electron chi connectivity index (χ2n) is 6.74. The zero-order chi connectivity index (χ0) is 22.3. The lowest BCUT2D eigenvalue weighted by Gasteiger charge is -2.06. The van der Waals surface area contributed by atoms with Crippen molar-refractivity contribution in [1.82, 2.24) is 20.2 Å². The van der Waals surface area contributed by atoms with Crippen molar-refractivity contribution in [3.63, 3.8) is 0 Å². The van der Waals surface area contributed by atoms with Gasteiger partial charge < -0.3 is 20.1 Å². The van der Waals surface area contributed by atoms with Crippen molar-refractivity contribution in [2.24, 2.45) is 0 Å². The molecule has 2 heterocycles. The smallest absolute Gasteiger partial charge is 0.345 e. The van der Waals surface area contributed by atoms with Gasteiger partial charge in [-0.1, -0.05) is 65.6 Å². The number of imidazole rings is 1. The number of nitrogens with zero attached hydrogens (tertiary/aromatic N) is 3. The quantitative estimate of drug-likeness (QED) is 0.144. The van der Waals surface area contributed by atoms with Crippen molar-refractivity contribution in [3.8, 4) is 0 Å². The standard InChI is InChI=1S/C22H21N5O3S2/c1-30-20(29)18(19-24-15-9-5-6-10-16(15)25-19)17(28)13-31-22-27-26-21(32-22)23-12-11-14-7-3-2-4-8-14/h2-10,28H,11-13H2,1H3,(H,23,26)(H,24,25)/b18-17+. The molecule has 0 spiro atoms. The number of para-hydroxylation sites is 2. The Bertz CT molecular complexity index is 1200. The third-order valence-electron chi connectivity index (χ3n) is 4.58. The maximum Gasteiger partial charge on any atom is 0.345 e. The molecule has 0 amide bonds. The number of aromatic amines is 1. The lowest BCUT2D eigenvalue weighted by molar-refractivity contribution is -0.133. The van der Waals surface area contributed by atoms with E-state index >= 15 is 0 Å². The molecule has 0 fully saturated rings. The number of carbonyl (C=O) groups excluding carboxylic acids is 1. The zero-order valence-electron chi connectivity index (χ0n) is 17.2. The van der Waals surface area contributed by atoms with Crippen LogP contribution < -0.4 is 5.32 Å². The predicted octanol–water partition coefficient (Wildman–Crippen LogP) is 4.30. The molecule has 0 atom stereocenters. The normalized spacial score (nSPS) is 11.9. The highest BCUT2D eigenvalue weighted by atomic mass is 32.2. The Labute approximate surface area is 192 Å². The molecule has 164 valence electrons. The summed E-state index contributed by atoms with van der Waals surface area (Å²) in [4.78, 5) is 19.8. The minimum absolute atomic E-state index is 0.00178. The van der Waals surface area contributed by atoms with Crippen LogP contribution in [0.1, 0.15) is 11.4 Å². The number of hydrogen-bond acceptors (Lipinski definition) is 9. The first-order chi connectivity index (χ1) is 15.6. The summed E-state index contributed by atoms with van der Waals surface area (Å²) in [6, 6.07) is 17.6. The van der Waals surface area contributed by atoms with Crippen LogP contribution >= 0.6 is 23.1 Å². The maximum atomic E-state index is 12.3.